The van der Waals surface area contributed by atoms with Crippen molar-refractivity contribution in [2.45, 2.75) is 20.0 Å². The molecule has 0 saturated heterocycles. The topological polar surface area (TPSA) is 46.5 Å². The lowest BCUT2D eigenvalue weighted by atomic mass is 9.87. The molecular weight excluding hydrogens is 144 g/mol. The van der Waals surface area contributed by atoms with E-state index in [0.717, 1.165) is 0 Å². The van der Waals surface area contributed by atoms with Crippen molar-refractivity contribution in [1.29, 1.82) is 0 Å². The molecule has 0 heterocycles. The molecule has 0 spiro atoms. The molecule has 0 aromatic carbocycles. The number of hydrogen-bond acceptors (Lipinski definition) is 3. The van der Waals surface area contributed by atoms with E-state index in [-0.39, 0.29) is 0 Å². The Morgan fingerprint density at radius 2 is 2.18 bits per heavy atom. The average molecular weight is 158 g/mol. The van der Waals surface area contributed by atoms with Crippen LogP contribution in [0.25, 0.3) is 0 Å². The molecule has 0 fully saturated rings. The van der Waals surface area contributed by atoms with E-state index in [4.69, 9.17) is 0 Å². The van der Waals surface area contributed by atoms with Gasteiger partial charge in [0.15, 0.2) is 6.10 Å². The van der Waals surface area contributed by atoms with Crippen molar-refractivity contribution in [3.05, 3.63) is 12.7 Å². The second-order valence-electron chi connectivity index (χ2n) is 2.95. The standard InChI is InChI=1S/C8H14O3/c1-5-8(2,3)6(9)7(10)11-4/h5-6,9H,1H2,2-4H3. The zero-order chi connectivity index (χ0) is 9.07. The number of carbonyl (C=O) groups is 1. The van der Waals surface area contributed by atoms with Gasteiger partial charge in [0.1, 0.15) is 0 Å². The van der Waals surface area contributed by atoms with E-state index in [1.54, 1.807) is 13.8 Å². The number of rotatable bonds is 3. The van der Waals surface area contributed by atoms with Crippen LogP contribution >= 0.6 is 0 Å². The predicted molar refractivity (Wildman–Crippen MR) is 42.0 cm³/mol. The van der Waals surface area contributed by atoms with E-state index in [9.17, 15) is 9.90 Å². The first kappa shape index (κ1) is 10.2. The van der Waals surface area contributed by atoms with Crippen LogP contribution in [0, 0.1) is 5.41 Å². The third-order valence-electron chi connectivity index (χ3n) is 1.66. The first-order valence-corrected chi connectivity index (χ1v) is 3.35. The highest BCUT2D eigenvalue weighted by molar-refractivity contribution is 5.75. The van der Waals surface area contributed by atoms with E-state index in [1.165, 1.54) is 13.2 Å². The fourth-order valence-electron chi connectivity index (χ4n) is 0.527. The lowest BCUT2D eigenvalue weighted by molar-refractivity contribution is -0.155. The van der Waals surface area contributed by atoms with E-state index in [1.807, 2.05) is 0 Å². The molecule has 11 heavy (non-hydrogen) atoms. The summed E-state index contributed by atoms with van der Waals surface area (Å²) in [6.07, 6.45) is 0.388. The lowest BCUT2D eigenvalue weighted by Gasteiger charge is -2.24. The van der Waals surface area contributed by atoms with Gasteiger partial charge in [0, 0.05) is 5.41 Å². The molecule has 3 nitrogen and oxygen atoms in total. The normalized spacial score (nSPS) is 13.8. The van der Waals surface area contributed by atoms with Gasteiger partial charge in [-0.25, -0.2) is 4.79 Å². The molecule has 0 aliphatic heterocycles. The van der Waals surface area contributed by atoms with Crippen molar-refractivity contribution >= 4 is 5.97 Å². The van der Waals surface area contributed by atoms with Crippen molar-refractivity contribution in [3.63, 3.8) is 0 Å². The fraction of sp³-hybridized carbons (Fsp3) is 0.625. The summed E-state index contributed by atoms with van der Waals surface area (Å²) >= 11 is 0. The predicted octanol–water partition coefficient (Wildman–Crippen LogP) is 0.732. The van der Waals surface area contributed by atoms with Gasteiger partial charge in [-0.15, -0.1) is 6.58 Å². The quantitative estimate of drug-likeness (QED) is 0.486. The Kier molecular flexibility index (Phi) is 3.26. The minimum atomic E-state index is -1.13. The SMILES string of the molecule is C=CC(C)(C)C(O)C(=O)OC. The highest BCUT2D eigenvalue weighted by Gasteiger charge is 2.31. The molecule has 1 atom stereocenters. The van der Waals surface area contributed by atoms with E-state index < -0.39 is 17.5 Å². The lowest BCUT2D eigenvalue weighted by Crippen LogP contribution is -2.35. The second kappa shape index (κ2) is 3.53. The fourth-order valence-corrected chi connectivity index (χ4v) is 0.527. The molecule has 1 N–H and O–H groups in total. The molecule has 0 amide bonds. The Morgan fingerprint density at radius 1 is 1.73 bits per heavy atom. The van der Waals surface area contributed by atoms with Crippen molar-refractivity contribution < 1.29 is 14.6 Å². The summed E-state index contributed by atoms with van der Waals surface area (Å²) < 4.78 is 4.36. The molecule has 0 rings (SSSR count). The van der Waals surface area contributed by atoms with Gasteiger partial charge in [-0.3, -0.25) is 0 Å². The summed E-state index contributed by atoms with van der Waals surface area (Å²) in [6, 6.07) is 0. The maximum Gasteiger partial charge on any atom is 0.335 e. The van der Waals surface area contributed by atoms with Crippen LogP contribution in [0.2, 0.25) is 0 Å². The van der Waals surface area contributed by atoms with Crippen molar-refractivity contribution in [2.24, 2.45) is 5.41 Å². The number of aliphatic hydroxyl groups is 1. The summed E-state index contributed by atoms with van der Waals surface area (Å²) in [4.78, 5) is 10.8. The third kappa shape index (κ3) is 2.35. The maximum atomic E-state index is 10.8. The van der Waals surface area contributed by atoms with Gasteiger partial charge in [-0.1, -0.05) is 19.9 Å². The zero-order valence-corrected chi connectivity index (χ0v) is 7.13. The highest BCUT2D eigenvalue weighted by Crippen LogP contribution is 2.22. The summed E-state index contributed by atoms with van der Waals surface area (Å²) in [5.41, 5.74) is -0.632. The van der Waals surface area contributed by atoms with Gasteiger partial charge in [0.25, 0.3) is 0 Å². The maximum absolute atomic E-state index is 10.8. The van der Waals surface area contributed by atoms with Crippen molar-refractivity contribution in [1.82, 2.24) is 0 Å². The molecule has 0 aliphatic carbocycles. The van der Waals surface area contributed by atoms with Gasteiger partial charge in [-0.05, 0) is 0 Å². The first-order valence-electron chi connectivity index (χ1n) is 3.35. The summed E-state index contributed by atoms with van der Waals surface area (Å²) in [5.74, 6) is -0.630. The van der Waals surface area contributed by atoms with Crippen LogP contribution in [-0.2, 0) is 9.53 Å². The van der Waals surface area contributed by atoms with Gasteiger partial charge < -0.3 is 9.84 Å². The van der Waals surface area contributed by atoms with Gasteiger partial charge in [-0.2, -0.15) is 0 Å². The molecule has 0 aromatic heterocycles. The molecule has 0 aromatic rings. The first-order chi connectivity index (χ1) is 4.95. The largest absolute Gasteiger partial charge is 0.467 e. The Labute approximate surface area is 66.7 Å². The van der Waals surface area contributed by atoms with Crippen LogP contribution in [0.4, 0.5) is 0 Å². The Balaban J connectivity index is 4.34. The second-order valence-corrected chi connectivity index (χ2v) is 2.95. The Bertz CT molecular complexity index is 161. The van der Waals surface area contributed by atoms with Crippen LogP contribution in [-0.4, -0.2) is 24.3 Å². The molecule has 0 radical (unpaired) electrons. The van der Waals surface area contributed by atoms with E-state index >= 15 is 0 Å². The van der Waals surface area contributed by atoms with E-state index in [0.29, 0.717) is 0 Å². The zero-order valence-electron chi connectivity index (χ0n) is 7.13. The smallest absolute Gasteiger partial charge is 0.335 e. The Morgan fingerprint density at radius 3 is 2.45 bits per heavy atom. The number of carbonyl (C=O) groups excluding carboxylic acids is 1. The van der Waals surface area contributed by atoms with Crippen LogP contribution < -0.4 is 0 Å². The summed E-state index contributed by atoms with van der Waals surface area (Å²) in [6.45, 7) is 6.92. The Hall–Kier alpha value is -0.830. The molecule has 1 unspecified atom stereocenters. The van der Waals surface area contributed by atoms with Crippen molar-refractivity contribution in [3.8, 4) is 0 Å². The average Bonchev–Trinajstić information content (AvgIpc) is 2.01. The third-order valence-corrected chi connectivity index (χ3v) is 1.66. The molecule has 0 bridgehead atoms. The molecule has 0 aliphatic rings. The minimum Gasteiger partial charge on any atom is -0.467 e. The van der Waals surface area contributed by atoms with Crippen LogP contribution in [0.15, 0.2) is 12.7 Å². The summed E-state index contributed by atoms with van der Waals surface area (Å²) in [7, 11) is 1.24. The van der Waals surface area contributed by atoms with Crippen LogP contribution in [0.1, 0.15) is 13.8 Å². The van der Waals surface area contributed by atoms with Crippen molar-refractivity contribution in [2.75, 3.05) is 7.11 Å². The molecule has 0 saturated carbocycles. The number of hydrogen-bond donors (Lipinski definition) is 1. The minimum absolute atomic E-state index is 0.630. The van der Waals surface area contributed by atoms with Gasteiger partial charge in [0.05, 0.1) is 7.11 Å². The molecule has 64 valence electrons. The van der Waals surface area contributed by atoms with Crippen LogP contribution in [0.3, 0.4) is 0 Å². The summed E-state index contributed by atoms with van der Waals surface area (Å²) in [5, 5.41) is 9.30. The van der Waals surface area contributed by atoms with E-state index in [2.05, 4.69) is 11.3 Å². The number of ether oxygens (including phenoxy) is 1. The molecule has 3 heteroatoms. The van der Waals surface area contributed by atoms with Gasteiger partial charge >= 0.3 is 5.97 Å². The van der Waals surface area contributed by atoms with Crippen LogP contribution in [0.5, 0.6) is 0 Å². The number of aliphatic hydroxyl groups excluding tert-OH is 1. The highest BCUT2D eigenvalue weighted by atomic mass is 16.5. The number of methoxy groups -OCH3 is 1. The number of esters is 1. The van der Waals surface area contributed by atoms with Gasteiger partial charge in [0.2, 0.25) is 0 Å². The molecular formula is C8H14O3. The monoisotopic (exact) mass is 158 g/mol.